The number of amides is 1. The molecule has 0 saturated heterocycles. The van der Waals surface area contributed by atoms with Gasteiger partial charge in [-0.25, -0.2) is 10.5 Å². The third-order valence-corrected chi connectivity index (χ3v) is 2.86. The summed E-state index contributed by atoms with van der Waals surface area (Å²) < 4.78 is 0. The van der Waals surface area contributed by atoms with Crippen molar-refractivity contribution in [2.75, 3.05) is 11.2 Å². The zero-order valence-corrected chi connectivity index (χ0v) is 10.7. The number of anilines is 1. The molecule has 0 unspecified atom stereocenters. The van der Waals surface area contributed by atoms with Gasteiger partial charge in [-0.3, -0.25) is 4.79 Å². The number of nitrogens with one attached hydrogen (secondary N) is 2. The minimum atomic E-state index is -0.411. The van der Waals surface area contributed by atoms with Crippen LogP contribution in [0.5, 0.6) is 0 Å². The highest BCUT2D eigenvalue weighted by Gasteiger charge is 2.04. The van der Waals surface area contributed by atoms with Crippen molar-refractivity contribution in [3.63, 3.8) is 0 Å². The van der Waals surface area contributed by atoms with Crippen LogP contribution < -0.4 is 11.2 Å². The minimum absolute atomic E-state index is 0.143. The van der Waals surface area contributed by atoms with Crippen LogP contribution in [0.4, 0.5) is 5.95 Å². The van der Waals surface area contributed by atoms with Gasteiger partial charge in [0, 0.05) is 0 Å². The SMILES string of the molecule is NC(=O)CSc1n[nH]c(N/N=C\c2ccccc2)n1. The Kier molecular flexibility index (Phi) is 4.51. The first kappa shape index (κ1) is 13.1. The highest BCUT2D eigenvalue weighted by atomic mass is 32.2. The summed E-state index contributed by atoms with van der Waals surface area (Å²) >= 11 is 1.16. The molecule has 2 rings (SSSR count). The van der Waals surface area contributed by atoms with Crippen molar-refractivity contribution >= 4 is 29.8 Å². The second-order valence-electron chi connectivity index (χ2n) is 3.50. The molecule has 0 saturated carbocycles. The molecule has 1 aromatic carbocycles. The molecule has 19 heavy (non-hydrogen) atoms. The Hall–Kier alpha value is -2.35. The number of H-pyrrole nitrogens is 1. The number of nitrogens with zero attached hydrogens (tertiary/aromatic N) is 3. The number of hydrogen-bond acceptors (Lipinski definition) is 6. The van der Waals surface area contributed by atoms with Crippen molar-refractivity contribution < 1.29 is 4.79 Å². The van der Waals surface area contributed by atoms with E-state index in [-0.39, 0.29) is 5.75 Å². The van der Waals surface area contributed by atoms with Crippen molar-refractivity contribution in [1.29, 1.82) is 0 Å². The lowest BCUT2D eigenvalue weighted by Gasteiger charge is -1.93. The molecule has 1 aromatic heterocycles. The fourth-order valence-electron chi connectivity index (χ4n) is 1.20. The van der Waals surface area contributed by atoms with E-state index in [1.54, 1.807) is 6.21 Å². The second kappa shape index (κ2) is 6.55. The average molecular weight is 276 g/mol. The predicted molar refractivity (Wildman–Crippen MR) is 74.0 cm³/mol. The average Bonchev–Trinajstić information content (AvgIpc) is 2.86. The molecule has 0 aliphatic heterocycles. The predicted octanol–water partition coefficient (Wildman–Crippen LogP) is 0.828. The second-order valence-corrected chi connectivity index (χ2v) is 4.44. The molecule has 0 atom stereocenters. The smallest absolute Gasteiger partial charge is 0.240 e. The summed E-state index contributed by atoms with van der Waals surface area (Å²) in [6.07, 6.45) is 1.67. The summed E-state index contributed by atoms with van der Waals surface area (Å²) in [6.45, 7) is 0. The summed E-state index contributed by atoms with van der Waals surface area (Å²) in [5.74, 6) is 0.135. The van der Waals surface area contributed by atoms with E-state index in [1.165, 1.54) is 0 Å². The van der Waals surface area contributed by atoms with E-state index in [4.69, 9.17) is 5.73 Å². The quantitative estimate of drug-likeness (QED) is 0.411. The van der Waals surface area contributed by atoms with E-state index in [0.717, 1.165) is 17.3 Å². The van der Waals surface area contributed by atoms with Crippen molar-refractivity contribution in [1.82, 2.24) is 15.2 Å². The van der Waals surface area contributed by atoms with E-state index < -0.39 is 5.91 Å². The number of aromatic amines is 1. The molecular weight excluding hydrogens is 264 g/mol. The Balaban J connectivity index is 1.86. The molecule has 1 heterocycles. The van der Waals surface area contributed by atoms with Crippen LogP contribution in [0, 0.1) is 0 Å². The fourth-order valence-corrected chi connectivity index (χ4v) is 1.74. The number of primary amides is 1. The van der Waals surface area contributed by atoms with Crippen molar-refractivity contribution in [3.05, 3.63) is 35.9 Å². The molecule has 0 spiro atoms. The van der Waals surface area contributed by atoms with Crippen LogP contribution in [0.15, 0.2) is 40.6 Å². The highest BCUT2D eigenvalue weighted by Crippen LogP contribution is 2.12. The molecule has 4 N–H and O–H groups in total. The number of rotatable bonds is 6. The van der Waals surface area contributed by atoms with E-state index in [0.29, 0.717) is 11.1 Å². The van der Waals surface area contributed by atoms with E-state index >= 15 is 0 Å². The monoisotopic (exact) mass is 276 g/mol. The van der Waals surface area contributed by atoms with Gasteiger partial charge in [-0.2, -0.15) is 10.1 Å². The van der Waals surface area contributed by atoms with E-state index in [2.05, 4.69) is 25.7 Å². The lowest BCUT2D eigenvalue weighted by molar-refractivity contribution is -0.115. The van der Waals surface area contributed by atoms with Gasteiger partial charge in [-0.15, -0.1) is 5.10 Å². The van der Waals surface area contributed by atoms with E-state index in [1.807, 2.05) is 30.3 Å². The number of carbonyl (C=O) groups is 1. The molecular formula is C11H12N6OS. The molecule has 0 radical (unpaired) electrons. The zero-order chi connectivity index (χ0) is 13.5. The third kappa shape index (κ3) is 4.43. The maximum Gasteiger partial charge on any atom is 0.240 e. The third-order valence-electron chi connectivity index (χ3n) is 1.99. The summed E-state index contributed by atoms with van der Waals surface area (Å²) in [7, 11) is 0. The normalized spacial score (nSPS) is 10.7. The van der Waals surface area contributed by atoms with Crippen LogP contribution in [-0.4, -0.2) is 33.1 Å². The molecule has 1 amide bonds. The number of benzene rings is 1. The van der Waals surface area contributed by atoms with Crippen molar-refractivity contribution in [3.8, 4) is 0 Å². The zero-order valence-electron chi connectivity index (χ0n) is 9.91. The largest absolute Gasteiger partial charge is 0.369 e. The maximum absolute atomic E-state index is 10.6. The number of carbonyl (C=O) groups excluding carboxylic acids is 1. The first-order valence-corrected chi connectivity index (χ1v) is 6.40. The van der Waals surface area contributed by atoms with Gasteiger partial charge >= 0.3 is 0 Å². The number of thioether (sulfide) groups is 1. The van der Waals surface area contributed by atoms with Gasteiger partial charge in [0.05, 0.1) is 12.0 Å². The van der Waals surface area contributed by atoms with Crippen LogP contribution in [0.25, 0.3) is 0 Å². The van der Waals surface area contributed by atoms with Gasteiger partial charge in [-0.1, -0.05) is 42.1 Å². The van der Waals surface area contributed by atoms with Gasteiger partial charge in [-0.05, 0) is 5.56 Å². The molecule has 0 aliphatic rings. The summed E-state index contributed by atoms with van der Waals surface area (Å²) in [5, 5.41) is 11.0. The van der Waals surface area contributed by atoms with Crippen LogP contribution in [0.1, 0.15) is 5.56 Å². The fraction of sp³-hybridized carbons (Fsp3) is 0.0909. The Labute approximate surface area is 113 Å². The molecule has 0 fully saturated rings. The standard InChI is InChI=1S/C11H12N6OS/c12-9(18)7-19-11-14-10(16-17-11)15-13-6-8-4-2-1-3-5-8/h1-6H,7H2,(H2,12,18)(H2,14,15,16,17)/b13-6-. The Bertz CT molecular complexity index is 568. The molecule has 8 heteroatoms. The maximum atomic E-state index is 10.6. The van der Waals surface area contributed by atoms with Crippen molar-refractivity contribution in [2.24, 2.45) is 10.8 Å². The topological polar surface area (TPSA) is 109 Å². The van der Waals surface area contributed by atoms with Crippen LogP contribution in [0.3, 0.4) is 0 Å². The number of nitrogens with two attached hydrogens (primary N) is 1. The Morgan fingerprint density at radius 2 is 2.26 bits per heavy atom. The van der Waals surface area contributed by atoms with Gasteiger partial charge in [0.15, 0.2) is 0 Å². The van der Waals surface area contributed by atoms with Gasteiger partial charge in [0.2, 0.25) is 17.0 Å². The van der Waals surface area contributed by atoms with Crippen molar-refractivity contribution in [2.45, 2.75) is 5.16 Å². The van der Waals surface area contributed by atoms with E-state index in [9.17, 15) is 4.79 Å². The number of hydrogen-bond donors (Lipinski definition) is 3. The first-order valence-electron chi connectivity index (χ1n) is 5.41. The summed E-state index contributed by atoms with van der Waals surface area (Å²) in [5.41, 5.74) is 8.71. The first-order chi connectivity index (χ1) is 9.24. The lowest BCUT2D eigenvalue weighted by atomic mass is 10.2. The van der Waals surface area contributed by atoms with Crippen LogP contribution >= 0.6 is 11.8 Å². The Morgan fingerprint density at radius 1 is 1.47 bits per heavy atom. The van der Waals surface area contributed by atoms with Crippen LogP contribution in [-0.2, 0) is 4.79 Å². The Morgan fingerprint density at radius 3 is 3.00 bits per heavy atom. The highest BCUT2D eigenvalue weighted by molar-refractivity contribution is 7.99. The number of hydrazone groups is 1. The summed E-state index contributed by atoms with van der Waals surface area (Å²) in [6, 6.07) is 9.64. The molecule has 0 bridgehead atoms. The number of aromatic nitrogens is 3. The van der Waals surface area contributed by atoms with Crippen LogP contribution in [0.2, 0.25) is 0 Å². The molecule has 98 valence electrons. The van der Waals surface area contributed by atoms with Gasteiger partial charge in [0.1, 0.15) is 0 Å². The molecule has 7 nitrogen and oxygen atoms in total. The molecule has 0 aliphatic carbocycles. The summed E-state index contributed by atoms with van der Waals surface area (Å²) in [4.78, 5) is 14.7. The van der Waals surface area contributed by atoms with Gasteiger partial charge in [0.25, 0.3) is 0 Å². The lowest BCUT2D eigenvalue weighted by Crippen LogP contribution is -2.13. The van der Waals surface area contributed by atoms with Gasteiger partial charge < -0.3 is 5.73 Å². The minimum Gasteiger partial charge on any atom is -0.369 e. The molecule has 2 aromatic rings.